The molecule has 0 unspecified atom stereocenters. The highest BCUT2D eigenvalue weighted by Gasteiger charge is 2.22. The van der Waals surface area contributed by atoms with Crippen molar-refractivity contribution in [3.8, 4) is 0 Å². The third-order valence-electron chi connectivity index (χ3n) is 3.40. The molecule has 0 saturated heterocycles. The van der Waals surface area contributed by atoms with Crippen LogP contribution in [0.25, 0.3) is 0 Å². The van der Waals surface area contributed by atoms with Gasteiger partial charge in [-0.25, -0.2) is 18.0 Å². The van der Waals surface area contributed by atoms with E-state index < -0.39 is 34.4 Å². The quantitative estimate of drug-likeness (QED) is 0.698. The van der Waals surface area contributed by atoms with Gasteiger partial charge >= 0.3 is 12.0 Å². The molecule has 0 saturated carbocycles. The second-order valence-corrected chi connectivity index (χ2v) is 7.55. The minimum absolute atomic E-state index is 0.110. The molecule has 1 rings (SSSR count). The molecular weight excluding hydrogens is 348 g/mol. The van der Waals surface area contributed by atoms with Crippen LogP contribution in [0.2, 0.25) is 0 Å². The summed E-state index contributed by atoms with van der Waals surface area (Å²) in [5, 5.41) is 4.55. The van der Waals surface area contributed by atoms with Gasteiger partial charge in [0, 0.05) is 6.04 Å². The predicted molar refractivity (Wildman–Crippen MR) is 90.9 cm³/mol. The van der Waals surface area contributed by atoms with E-state index in [9.17, 15) is 22.8 Å². The molecule has 0 heterocycles. The van der Waals surface area contributed by atoms with Crippen LogP contribution in [0.4, 0.5) is 4.79 Å². The molecule has 138 valence electrons. The number of hydrogen-bond donors (Lipinski definition) is 2. The van der Waals surface area contributed by atoms with Crippen LogP contribution in [-0.2, 0) is 19.4 Å². The second kappa shape index (κ2) is 9.16. The van der Waals surface area contributed by atoms with Crippen molar-refractivity contribution in [3.05, 3.63) is 29.8 Å². The summed E-state index contributed by atoms with van der Waals surface area (Å²) in [6.45, 7) is 4.40. The zero-order valence-corrected chi connectivity index (χ0v) is 15.2. The van der Waals surface area contributed by atoms with Crippen molar-refractivity contribution >= 4 is 27.7 Å². The Labute approximate surface area is 146 Å². The van der Waals surface area contributed by atoms with Crippen LogP contribution in [0.1, 0.15) is 37.6 Å². The summed E-state index contributed by atoms with van der Waals surface area (Å²) in [7, 11) is -3.61. The Balaban J connectivity index is 2.70. The van der Waals surface area contributed by atoms with Crippen LogP contribution >= 0.6 is 0 Å². The van der Waals surface area contributed by atoms with Crippen molar-refractivity contribution in [1.82, 2.24) is 10.6 Å². The summed E-state index contributed by atoms with van der Waals surface area (Å²) in [5.74, 6) is -1.94. The molecule has 0 aliphatic carbocycles. The van der Waals surface area contributed by atoms with E-state index in [1.807, 2.05) is 12.2 Å². The maximum atomic E-state index is 12.1. The molecule has 0 radical (unpaired) electrons. The largest absolute Gasteiger partial charge is 0.452 e. The Bertz CT molecular complexity index is 745. The predicted octanol–water partition coefficient (Wildman–Crippen LogP) is 1.26. The van der Waals surface area contributed by atoms with Gasteiger partial charge in [-0.05, 0) is 25.5 Å². The molecule has 0 aromatic heterocycles. The average molecular weight is 370 g/mol. The molecule has 9 heteroatoms. The summed E-state index contributed by atoms with van der Waals surface area (Å²) in [4.78, 5) is 35.0. The van der Waals surface area contributed by atoms with Crippen LogP contribution in [0.5, 0.6) is 0 Å². The van der Waals surface area contributed by atoms with Crippen molar-refractivity contribution in [2.45, 2.75) is 38.1 Å². The van der Waals surface area contributed by atoms with Crippen LogP contribution < -0.4 is 10.6 Å². The minimum atomic E-state index is -3.61. The monoisotopic (exact) mass is 370 g/mol. The summed E-state index contributed by atoms with van der Waals surface area (Å²) in [6, 6.07) is 4.79. The van der Waals surface area contributed by atoms with Gasteiger partial charge in [0.05, 0.1) is 16.2 Å². The van der Waals surface area contributed by atoms with Crippen molar-refractivity contribution < 1.29 is 27.5 Å². The third kappa shape index (κ3) is 6.18. The van der Waals surface area contributed by atoms with E-state index in [2.05, 4.69) is 5.32 Å². The van der Waals surface area contributed by atoms with Crippen molar-refractivity contribution in [1.29, 1.82) is 0 Å². The number of hydrogen-bond acceptors (Lipinski definition) is 6. The highest BCUT2D eigenvalue weighted by Crippen LogP contribution is 2.17. The number of ether oxygens (including phenoxy) is 1. The lowest BCUT2D eigenvalue weighted by Crippen LogP contribution is -2.44. The van der Waals surface area contributed by atoms with E-state index in [-0.39, 0.29) is 22.3 Å². The summed E-state index contributed by atoms with van der Waals surface area (Å²) >= 11 is 0. The molecule has 2 N–H and O–H groups in total. The van der Waals surface area contributed by atoms with E-state index in [1.54, 1.807) is 6.92 Å². The molecule has 25 heavy (non-hydrogen) atoms. The molecule has 1 aromatic carbocycles. The maximum Gasteiger partial charge on any atom is 0.339 e. The molecule has 0 spiro atoms. The molecule has 3 amide bonds. The number of urea groups is 1. The first-order valence-electron chi connectivity index (χ1n) is 7.80. The second-order valence-electron chi connectivity index (χ2n) is 5.31. The Morgan fingerprint density at radius 2 is 1.80 bits per heavy atom. The molecule has 1 atom stereocenters. The number of benzene rings is 1. The maximum absolute atomic E-state index is 12.1. The Kier molecular flexibility index (Phi) is 7.56. The first-order valence-corrected chi connectivity index (χ1v) is 9.45. The Morgan fingerprint density at radius 1 is 1.16 bits per heavy atom. The van der Waals surface area contributed by atoms with Gasteiger partial charge < -0.3 is 10.1 Å². The van der Waals surface area contributed by atoms with E-state index in [0.717, 1.165) is 0 Å². The number of nitrogens with one attached hydrogen (secondary N) is 2. The van der Waals surface area contributed by atoms with E-state index in [4.69, 9.17) is 4.74 Å². The Morgan fingerprint density at radius 3 is 2.40 bits per heavy atom. The number of sulfone groups is 1. The van der Waals surface area contributed by atoms with E-state index in [1.165, 1.54) is 31.2 Å². The fourth-order valence-corrected chi connectivity index (χ4v) is 2.88. The first kappa shape index (κ1) is 20.6. The fraction of sp³-hybridized carbons (Fsp3) is 0.438. The molecule has 0 aliphatic rings. The summed E-state index contributed by atoms with van der Waals surface area (Å²) in [5.41, 5.74) is -0.152. The molecule has 1 aromatic rings. The van der Waals surface area contributed by atoms with Gasteiger partial charge in [-0.2, -0.15) is 0 Å². The highest BCUT2D eigenvalue weighted by atomic mass is 32.2. The summed E-state index contributed by atoms with van der Waals surface area (Å²) < 4.78 is 28.8. The number of amides is 3. The molecule has 0 aliphatic heterocycles. The third-order valence-corrected chi connectivity index (χ3v) is 5.19. The normalized spacial score (nSPS) is 12.1. The minimum Gasteiger partial charge on any atom is -0.452 e. The van der Waals surface area contributed by atoms with Gasteiger partial charge in [0.25, 0.3) is 5.91 Å². The van der Waals surface area contributed by atoms with Gasteiger partial charge in [-0.1, -0.05) is 26.0 Å². The lowest BCUT2D eigenvalue weighted by molar-refractivity contribution is -0.123. The van der Waals surface area contributed by atoms with Crippen LogP contribution in [-0.4, -0.2) is 44.7 Å². The SMILES string of the molecule is CC[C@H](C)NC(=O)NC(=O)COC(=O)c1ccccc1S(=O)(=O)CC. The van der Waals surface area contributed by atoms with Gasteiger partial charge in [-0.15, -0.1) is 0 Å². The topological polar surface area (TPSA) is 119 Å². The van der Waals surface area contributed by atoms with Gasteiger partial charge in [0.1, 0.15) is 0 Å². The smallest absolute Gasteiger partial charge is 0.339 e. The number of carbonyl (C=O) groups excluding carboxylic acids is 3. The van der Waals surface area contributed by atoms with Gasteiger partial charge in [-0.3, -0.25) is 10.1 Å². The van der Waals surface area contributed by atoms with Crippen molar-refractivity contribution in [3.63, 3.8) is 0 Å². The Hall–Kier alpha value is -2.42. The average Bonchev–Trinajstić information content (AvgIpc) is 2.59. The van der Waals surface area contributed by atoms with Crippen LogP contribution in [0.15, 0.2) is 29.2 Å². The molecule has 0 fully saturated rings. The highest BCUT2D eigenvalue weighted by molar-refractivity contribution is 7.91. The number of esters is 1. The fourth-order valence-electron chi connectivity index (χ4n) is 1.80. The van der Waals surface area contributed by atoms with Crippen molar-refractivity contribution in [2.24, 2.45) is 0 Å². The van der Waals surface area contributed by atoms with E-state index >= 15 is 0 Å². The first-order chi connectivity index (χ1) is 11.7. The zero-order valence-electron chi connectivity index (χ0n) is 14.4. The zero-order chi connectivity index (χ0) is 19.0. The standard InChI is InChI=1S/C16H22N2O6S/c1-4-11(3)17-16(21)18-14(19)10-24-15(20)12-8-6-7-9-13(12)25(22,23)5-2/h6-9,11H,4-5,10H2,1-3H3,(H2,17,18,19,21)/t11-/m0/s1. The molecule has 8 nitrogen and oxygen atoms in total. The van der Waals surface area contributed by atoms with E-state index in [0.29, 0.717) is 6.42 Å². The van der Waals surface area contributed by atoms with Crippen molar-refractivity contribution in [2.75, 3.05) is 12.4 Å². The number of carbonyl (C=O) groups is 3. The lowest BCUT2D eigenvalue weighted by atomic mass is 10.2. The summed E-state index contributed by atoms with van der Waals surface area (Å²) in [6.07, 6.45) is 0.694. The molecular formula is C16H22N2O6S. The van der Waals surface area contributed by atoms with Gasteiger partial charge in [0.2, 0.25) is 0 Å². The number of imide groups is 1. The molecule has 0 bridgehead atoms. The van der Waals surface area contributed by atoms with Crippen LogP contribution in [0.3, 0.4) is 0 Å². The van der Waals surface area contributed by atoms with Crippen LogP contribution in [0, 0.1) is 0 Å². The lowest BCUT2D eigenvalue weighted by Gasteiger charge is -2.12. The number of rotatable bonds is 7. The van der Waals surface area contributed by atoms with Gasteiger partial charge in [0.15, 0.2) is 16.4 Å².